The van der Waals surface area contributed by atoms with Crippen LogP contribution >= 0.6 is 0 Å². The third-order valence-electron chi connectivity index (χ3n) is 15.3. The minimum atomic E-state index is -0.376. The van der Waals surface area contributed by atoms with Gasteiger partial charge in [0.05, 0.1) is 5.41 Å². The zero-order valence-corrected chi connectivity index (χ0v) is 38.6. The fraction of sp³-hybridized carbons (Fsp3) is 0.134. The van der Waals surface area contributed by atoms with Crippen molar-refractivity contribution in [2.45, 2.75) is 55.8 Å². The van der Waals surface area contributed by atoms with Gasteiger partial charge in [0, 0.05) is 22.5 Å². The van der Waals surface area contributed by atoms with Gasteiger partial charge in [-0.25, -0.2) is 0 Å². The highest BCUT2D eigenvalue weighted by Gasteiger charge is 2.44. The van der Waals surface area contributed by atoms with Gasteiger partial charge < -0.3 is 4.90 Å². The van der Waals surface area contributed by atoms with Crippen molar-refractivity contribution in [2.24, 2.45) is 0 Å². The van der Waals surface area contributed by atoms with Crippen molar-refractivity contribution in [3.63, 3.8) is 0 Å². The van der Waals surface area contributed by atoms with Crippen molar-refractivity contribution >= 4 is 40.0 Å². The van der Waals surface area contributed by atoms with E-state index in [1.54, 1.807) is 0 Å². The van der Waals surface area contributed by atoms with Gasteiger partial charge in [0.15, 0.2) is 0 Å². The number of para-hydroxylation sites is 2. The number of anilines is 3. The van der Waals surface area contributed by atoms with E-state index in [1.165, 1.54) is 127 Å². The maximum atomic E-state index is 2.52. The van der Waals surface area contributed by atoms with E-state index in [9.17, 15) is 0 Å². The lowest BCUT2D eigenvalue weighted by Gasteiger charge is -2.39. The molecule has 0 amide bonds. The zero-order valence-electron chi connectivity index (χ0n) is 38.6. The zero-order chi connectivity index (χ0) is 45.3. The van der Waals surface area contributed by atoms with Gasteiger partial charge in [0.2, 0.25) is 0 Å². The summed E-state index contributed by atoms with van der Waals surface area (Å²) in [6.45, 7) is 0. The second-order valence-corrected chi connectivity index (χ2v) is 19.1. The molecule has 0 saturated heterocycles. The number of fused-ring (bicyclic) bond motifs is 6. The Balaban J connectivity index is 0.831. The fourth-order valence-electron chi connectivity index (χ4n) is 12.0. The summed E-state index contributed by atoms with van der Waals surface area (Å²) in [5.41, 5.74) is 19.3. The van der Waals surface area contributed by atoms with Crippen LogP contribution in [0.25, 0.3) is 45.2 Å². The van der Waals surface area contributed by atoms with Crippen LogP contribution in [0.3, 0.4) is 0 Å². The van der Waals surface area contributed by atoms with Crippen LogP contribution in [0.4, 0.5) is 17.1 Å². The normalized spacial score (nSPS) is 15.0. The molecule has 0 unspecified atom stereocenters. The summed E-state index contributed by atoms with van der Waals surface area (Å²) in [5.74, 6) is 0. The van der Waals surface area contributed by atoms with Gasteiger partial charge >= 0.3 is 0 Å². The highest BCUT2D eigenvalue weighted by molar-refractivity contribution is 5.91. The van der Waals surface area contributed by atoms with Crippen LogP contribution in [0.2, 0.25) is 0 Å². The summed E-state index contributed by atoms with van der Waals surface area (Å²) in [6.07, 6.45) is 19.8. The molecular weight excluding hydrogens is 819 g/mol. The first-order chi connectivity index (χ1) is 33.7. The smallest absolute Gasteiger partial charge is 0.0664 e. The topological polar surface area (TPSA) is 3.24 Å². The molecule has 1 fully saturated rings. The summed E-state index contributed by atoms with van der Waals surface area (Å²) in [7, 11) is 0. The molecule has 9 aromatic rings. The average molecular weight is 874 g/mol. The quantitative estimate of drug-likeness (QED) is 0.0977. The Bertz CT molecular complexity index is 3260. The molecule has 328 valence electrons. The number of hydrogen-bond acceptors (Lipinski definition) is 1. The van der Waals surface area contributed by atoms with Crippen LogP contribution in [-0.4, -0.2) is 0 Å². The number of benzene rings is 9. The monoisotopic (exact) mass is 873 g/mol. The van der Waals surface area contributed by atoms with Crippen molar-refractivity contribution in [1.29, 1.82) is 0 Å². The van der Waals surface area contributed by atoms with Gasteiger partial charge in [-0.1, -0.05) is 225 Å². The van der Waals surface area contributed by atoms with E-state index in [4.69, 9.17) is 0 Å². The van der Waals surface area contributed by atoms with E-state index < -0.39 is 0 Å². The third-order valence-corrected chi connectivity index (χ3v) is 15.3. The van der Waals surface area contributed by atoms with E-state index in [-0.39, 0.29) is 10.8 Å². The van der Waals surface area contributed by atoms with Crippen molar-refractivity contribution in [3.8, 4) is 22.3 Å². The molecule has 12 rings (SSSR count). The Hall–Kier alpha value is -7.74. The summed E-state index contributed by atoms with van der Waals surface area (Å²) in [6, 6.07) is 81.4. The van der Waals surface area contributed by atoms with Crippen molar-refractivity contribution in [3.05, 3.63) is 281 Å². The lowest BCUT2D eigenvalue weighted by molar-refractivity contribution is 0.353. The van der Waals surface area contributed by atoms with Gasteiger partial charge in [-0.2, -0.15) is 0 Å². The maximum absolute atomic E-state index is 2.52. The molecule has 0 atom stereocenters. The first-order valence-electron chi connectivity index (χ1n) is 24.7. The lowest BCUT2D eigenvalue weighted by Crippen LogP contribution is -2.32. The highest BCUT2D eigenvalue weighted by atomic mass is 15.1. The van der Waals surface area contributed by atoms with Crippen LogP contribution in [0, 0.1) is 0 Å². The molecule has 0 bridgehead atoms. The fourth-order valence-corrected chi connectivity index (χ4v) is 12.0. The number of hydrogen-bond donors (Lipinski definition) is 0. The largest absolute Gasteiger partial charge is 0.310 e. The van der Waals surface area contributed by atoms with Gasteiger partial charge in [-0.3, -0.25) is 0 Å². The predicted octanol–water partition coefficient (Wildman–Crippen LogP) is 18.0. The number of nitrogens with zero attached hydrogens (tertiary/aromatic N) is 1. The van der Waals surface area contributed by atoms with E-state index >= 15 is 0 Å². The van der Waals surface area contributed by atoms with Gasteiger partial charge in [-0.15, -0.1) is 0 Å². The first kappa shape index (κ1) is 41.7. The molecule has 0 aromatic heterocycles. The molecule has 0 heterocycles. The Morgan fingerprint density at radius 3 is 1.59 bits per heavy atom. The standard InChI is InChI=1S/C67H55N/c1-7-19-55(20-8-1)67(56-21-9-2-10-22-56,57-23-11-3-12-24-57)58-38-36-51(37-39-58)53-35-34-52-45-49(31-33-54(52)47-53)29-30-50-32-41-62-63-42-40-61(48-65(63)66(64(62)46-50)43-17-6-18-44-66)68(59-25-13-4-14-26-59)60-27-15-5-16-28-60/h1-5,7-11,13-16,19-23,25-42,45-48H,6,12,17-18,24,43-44H2/b30-29+. The van der Waals surface area contributed by atoms with Crippen LogP contribution < -0.4 is 4.90 Å². The molecule has 1 nitrogen and oxygen atoms in total. The van der Waals surface area contributed by atoms with Gasteiger partial charge in [0.25, 0.3) is 0 Å². The molecule has 1 heteroatoms. The maximum Gasteiger partial charge on any atom is 0.0664 e. The summed E-state index contributed by atoms with van der Waals surface area (Å²) in [5, 5.41) is 2.50. The molecular formula is C67H55N. The Morgan fingerprint density at radius 1 is 0.426 bits per heavy atom. The third kappa shape index (κ3) is 7.35. The van der Waals surface area contributed by atoms with E-state index in [2.05, 4.69) is 254 Å². The average Bonchev–Trinajstić information content (AvgIpc) is 3.66. The van der Waals surface area contributed by atoms with E-state index in [0.717, 1.165) is 12.8 Å². The Labute approximate surface area is 402 Å². The number of allylic oxidation sites excluding steroid dienone is 4. The van der Waals surface area contributed by atoms with Gasteiger partial charge in [-0.05, 0) is 146 Å². The lowest BCUT2D eigenvalue weighted by atomic mass is 9.63. The van der Waals surface area contributed by atoms with Crippen LogP contribution in [0.1, 0.15) is 83.9 Å². The van der Waals surface area contributed by atoms with Crippen LogP contribution in [0.5, 0.6) is 0 Å². The van der Waals surface area contributed by atoms with E-state index in [0.29, 0.717) is 0 Å². The molecule has 0 aliphatic heterocycles. The predicted molar refractivity (Wildman–Crippen MR) is 288 cm³/mol. The molecule has 9 aromatic carbocycles. The van der Waals surface area contributed by atoms with Crippen LogP contribution in [0.15, 0.2) is 242 Å². The number of rotatable bonds is 10. The minimum absolute atomic E-state index is 0.0280. The Morgan fingerprint density at radius 2 is 0.956 bits per heavy atom. The molecule has 1 saturated carbocycles. The summed E-state index contributed by atoms with van der Waals surface area (Å²) < 4.78 is 0. The van der Waals surface area contributed by atoms with Crippen molar-refractivity contribution < 1.29 is 0 Å². The van der Waals surface area contributed by atoms with Crippen molar-refractivity contribution in [1.82, 2.24) is 0 Å². The molecule has 0 N–H and O–H groups in total. The second kappa shape index (κ2) is 17.8. The Kier molecular flexibility index (Phi) is 10.9. The molecule has 3 aliphatic rings. The molecule has 68 heavy (non-hydrogen) atoms. The SMILES string of the molecule is C1=CCCC(C(c2ccccc2)(c2ccccc2)c2ccc(-c3ccc4cc(/C=C/c5ccc6c(c5)C5(CCCCC5)c5cc(N(c7ccccc7)c7ccccc7)ccc5-6)ccc4c3)cc2)=C1. The molecule has 3 aliphatic carbocycles. The van der Waals surface area contributed by atoms with Crippen molar-refractivity contribution in [2.75, 3.05) is 4.90 Å². The second-order valence-electron chi connectivity index (χ2n) is 19.1. The summed E-state index contributed by atoms with van der Waals surface area (Å²) in [4.78, 5) is 2.41. The molecule has 1 spiro atoms. The summed E-state index contributed by atoms with van der Waals surface area (Å²) >= 11 is 0. The van der Waals surface area contributed by atoms with E-state index in [1.807, 2.05) is 0 Å². The first-order valence-corrected chi connectivity index (χ1v) is 24.7. The van der Waals surface area contributed by atoms with Gasteiger partial charge in [0.1, 0.15) is 0 Å². The highest BCUT2D eigenvalue weighted by Crippen LogP contribution is 2.57. The van der Waals surface area contributed by atoms with Crippen LogP contribution in [-0.2, 0) is 10.8 Å². The molecule has 0 radical (unpaired) electrons. The minimum Gasteiger partial charge on any atom is -0.310 e.